The molecule has 0 aliphatic heterocycles. The standard InChI is InChI=1S/C24H22ClF3N2O4S/c1-3-34-19-9-11-20(12-10-19)35(32,33)30(18-7-4-16(2)5-8-18)15-23(31)29-22-13-6-17(25)14-21(22)24(26,27)28/h4-14H,3,15H2,1-2H3,(H,29,31). The molecule has 0 saturated heterocycles. The normalized spacial score (nSPS) is 11.7. The second-order valence-electron chi connectivity index (χ2n) is 7.49. The zero-order chi connectivity index (χ0) is 25.8. The van der Waals surface area contributed by atoms with Crippen LogP contribution in [0.4, 0.5) is 24.5 Å². The van der Waals surface area contributed by atoms with Gasteiger partial charge in [0.15, 0.2) is 0 Å². The predicted molar refractivity (Wildman–Crippen MR) is 128 cm³/mol. The van der Waals surface area contributed by atoms with Crippen LogP contribution in [-0.4, -0.2) is 27.5 Å². The predicted octanol–water partition coefficient (Wildman–Crippen LogP) is 5.90. The summed E-state index contributed by atoms with van der Waals surface area (Å²) in [4.78, 5) is 12.7. The molecule has 3 aromatic rings. The van der Waals surface area contributed by atoms with E-state index in [1.54, 1.807) is 26.0 Å². The van der Waals surface area contributed by atoms with Crippen LogP contribution in [0, 0.1) is 6.92 Å². The lowest BCUT2D eigenvalue weighted by Crippen LogP contribution is -2.38. The number of alkyl halides is 3. The molecule has 0 atom stereocenters. The number of carbonyl (C=O) groups excluding carboxylic acids is 1. The van der Waals surface area contributed by atoms with Gasteiger partial charge >= 0.3 is 6.18 Å². The van der Waals surface area contributed by atoms with E-state index in [2.05, 4.69) is 5.32 Å². The smallest absolute Gasteiger partial charge is 0.418 e. The minimum absolute atomic E-state index is 0.114. The largest absolute Gasteiger partial charge is 0.494 e. The van der Waals surface area contributed by atoms with Crippen LogP contribution < -0.4 is 14.4 Å². The number of benzene rings is 3. The molecule has 0 saturated carbocycles. The van der Waals surface area contributed by atoms with Crippen molar-refractivity contribution < 1.29 is 31.1 Å². The van der Waals surface area contributed by atoms with Gasteiger partial charge in [0.25, 0.3) is 10.0 Å². The van der Waals surface area contributed by atoms with Gasteiger partial charge in [-0.05, 0) is 68.4 Å². The van der Waals surface area contributed by atoms with Crippen LogP contribution in [0.15, 0.2) is 71.6 Å². The molecule has 186 valence electrons. The Balaban J connectivity index is 1.96. The first kappa shape index (κ1) is 26.4. The summed E-state index contributed by atoms with van der Waals surface area (Å²) in [7, 11) is -4.26. The summed E-state index contributed by atoms with van der Waals surface area (Å²) >= 11 is 5.69. The molecule has 0 spiro atoms. The Hall–Kier alpha value is -3.24. The van der Waals surface area contributed by atoms with Gasteiger partial charge < -0.3 is 10.1 Å². The summed E-state index contributed by atoms with van der Waals surface area (Å²) in [6.45, 7) is 3.22. The molecular weight excluding hydrogens is 505 g/mol. The number of halogens is 4. The summed E-state index contributed by atoms with van der Waals surface area (Å²) < 4.78 is 73.3. The van der Waals surface area contributed by atoms with Crippen molar-refractivity contribution in [1.29, 1.82) is 0 Å². The van der Waals surface area contributed by atoms with Gasteiger partial charge in [-0.2, -0.15) is 13.2 Å². The average molecular weight is 527 g/mol. The molecule has 3 rings (SSSR count). The molecule has 0 aliphatic rings. The van der Waals surface area contributed by atoms with Crippen LogP contribution in [0.5, 0.6) is 5.75 Å². The average Bonchev–Trinajstić information content (AvgIpc) is 2.79. The molecule has 0 heterocycles. The van der Waals surface area contributed by atoms with Gasteiger partial charge in [0.05, 0.1) is 28.4 Å². The zero-order valence-electron chi connectivity index (χ0n) is 18.8. The molecule has 6 nitrogen and oxygen atoms in total. The highest BCUT2D eigenvalue weighted by atomic mass is 35.5. The molecule has 35 heavy (non-hydrogen) atoms. The lowest BCUT2D eigenvalue weighted by atomic mass is 10.1. The topological polar surface area (TPSA) is 75.7 Å². The number of sulfonamides is 1. The number of rotatable bonds is 8. The third-order valence-corrected chi connectivity index (χ3v) is 6.92. The Morgan fingerprint density at radius 2 is 1.66 bits per heavy atom. The first-order valence-corrected chi connectivity index (χ1v) is 12.2. The van der Waals surface area contributed by atoms with Crippen molar-refractivity contribution in [1.82, 2.24) is 0 Å². The van der Waals surface area contributed by atoms with Crippen molar-refractivity contribution in [2.75, 3.05) is 22.8 Å². The number of hydrogen-bond donors (Lipinski definition) is 1. The highest BCUT2D eigenvalue weighted by Crippen LogP contribution is 2.36. The molecular formula is C24H22ClF3N2O4S. The first-order chi connectivity index (χ1) is 16.4. The molecule has 0 fully saturated rings. The Bertz CT molecular complexity index is 1300. The number of anilines is 2. The summed E-state index contributed by atoms with van der Waals surface area (Å²) in [5.41, 5.74) is -0.650. The van der Waals surface area contributed by atoms with E-state index in [-0.39, 0.29) is 15.6 Å². The lowest BCUT2D eigenvalue weighted by molar-refractivity contribution is -0.137. The molecule has 0 aromatic heterocycles. The van der Waals surface area contributed by atoms with Crippen LogP contribution in [0.3, 0.4) is 0 Å². The van der Waals surface area contributed by atoms with Crippen molar-refractivity contribution in [3.05, 3.63) is 82.9 Å². The fourth-order valence-corrected chi connectivity index (χ4v) is 4.80. The fourth-order valence-electron chi connectivity index (χ4n) is 3.21. The summed E-state index contributed by atoms with van der Waals surface area (Å²) in [5, 5.41) is 2.00. The molecule has 0 radical (unpaired) electrons. The number of nitrogens with zero attached hydrogens (tertiary/aromatic N) is 1. The number of amides is 1. The van der Waals surface area contributed by atoms with Crippen molar-refractivity contribution in [2.24, 2.45) is 0 Å². The van der Waals surface area contributed by atoms with Gasteiger partial charge in [0.2, 0.25) is 5.91 Å². The number of nitrogens with one attached hydrogen (secondary N) is 1. The Labute approximate surface area is 206 Å². The first-order valence-electron chi connectivity index (χ1n) is 10.4. The Kier molecular flexibility index (Phi) is 7.97. The zero-order valence-corrected chi connectivity index (χ0v) is 20.3. The van der Waals surface area contributed by atoms with E-state index in [0.717, 1.165) is 15.9 Å². The Morgan fingerprint density at radius 1 is 1.03 bits per heavy atom. The second-order valence-corrected chi connectivity index (χ2v) is 9.79. The third kappa shape index (κ3) is 6.46. The van der Waals surface area contributed by atoms with E-state index in [1.165, 1.54) is 42.5 Å². The van der Waals surface area contributed by atoms with Crippen molar-refractivity contribution in [3.8, 4) is 5.75 Å². The quantitative estimate of drug-likeness (QED) is 0.396. The summed E-state index contributed by atoms with van der Waals surface area (Å²) in [6.07, 6.45) is -4.78. The summed E-state index contributed by atoms with van der Waals surface area (Å²) in [5.74, 6) is -0.499. The van der Waals surface area contributed by atoms with Crippen LogP contribution in [0.1, 0.15) is 18.1 Å². The second kappa shape index (κ2) is 10.6. The van der Waals surface area contributed by atoms with Gasteiger partial charge in [0.1, 0.15) is 12.3 Å². The van der Waals surface area contributed by atoms with Crippen LogP contribution in [-0.2, 0) is 21.0 Å². The van der Waals surface area contributed by atoms with Crippen molar-refractivity contribution in [2.45, 2.75) is 24.9 Å². The van der Waals surface area contributed by atoms with E-state index >= 15 is 0 Å². The van der Waals surface area contributed by atoms with Gasteiger partial charge in [-0.25, -0.2) is 8.42 Å². The fraction of sp³-hybridized carbons (Fsp3) is 0.208. The van der Waals surface area contributed by atoms with Gasteiger partial charge in [-0.1, -0.05) is 29.3 Å². The van der Waals surface area contributed by atoms with E-state index in [1.807, 2.05) is 0 Å². The number of ether oxygens (including phenoxy) is 1. The number of aryl methyl sites for hydroxylation is 1. The SMILES string of the molecule is CCOc1ccc(S(=O)(=O)N(CC(=O)Nc2ccc(Cl)cc2C(F)(F)F)c2ccc(C)cc2)cc1. The minimum Gasteiger partial charge on any atom is -0.494 e. The highest BCUT2D eigenvalue weighted by molar-refractivity contribution is 7.92. The van der Waals surface area contributed by atoms with E-state index < -0.39 is 39.9 Å². The van der Waals surface area contributed by atoms with Gasteiger partial charge in [-0.3, -0.25) is 9.10 Å². The van der Waals surface area contributed by atoms with Crippen LogP contribution in [0.25, 0.3) is 0 Å². The molecule has 11 heteroatoms. The lowest BCUT2D eigenvalue weighted by Gasteiger charge is -2.25. The maximum absolute atomic E-state index is 13.5. The molecule has 0 bridgehead atoms. The molecule has 1 N–H and O–H groups in total. The van der Waals surface area contributed by atoms with E-state index in [4.69, 9.17) is 16.3 Å². The maximum atomic E-state index is 13.5. The molecule has 0 unspecified atom stereocenters. The monoisotopic (exact) mass is 526 g/mol. The summed E-state index contributed by atoms with van der Waals surface area (Å²) in [6, 6.07) is 14.9. The van der Waals surface area contributed by atoms with Crippen LogP contribution >= 0.6 is 11.6 Å². The van der Waals surface area contributed by atoms with Crippen molar-refractivity contribution in [3.63, 3.8) is 0 Å². The maximum Gasteiger partial charge on any atom is 0.418 e. The minimum atomic E-state index is -4.78. The highest BCUT2D eigenvalue weighted by Gasteiger charge is 2.35. The molecule has 3 aromatic carbocycles. The van der Waals surface area contributed by atoms with Gasteiger partial charge in [-0.15, -0.1) is 0 Å². The van der Waals surface area contributed by atoms with Crippen LogP contribution in [0.2, 0.25) is 5.02 Å². The van der Waals surface area contributed by atoms with E-state index in [0.29, 0.717) is 18.4 Å². The molecule has 1 amide bonds. The van der Waals surface area contributed by atoms with E-state index in [9.17, 15) is 26.4 Å². The molecule has 0 aliphatic carbocycles. The third-order valence-electron chi connectivity index (χ3n) is 4.89. The number of hydrogen-bond acceptors (Lipinski definition) is 4. The number of carbonyl (C=O) groups is 1. The van der Waals surface area contributed by atoms with Gasteiger partial charge in [0, 0.05) is 5.02 Å². The Morgan fingerprint density at radius 3 is 2.23 bits per heavy atom. The van der Waals surface area contributed by atoms with Crippen molar-refractivity contribution >= 4 is 38.9 Å².